The van der Waals surface area contributed by atoms with Crippen molar-refractivity contribution in [3.8, 4) is 0 Å². The van der Waals surface area contributed by atoms with Gasteiger partial charge in [-0.05, 0) is 108 Å². The maximum atomic E-state index is 14.8. The van der Waals surface area contributed by atoms with Crippen molar-refractivity contribution in [1.82, 2.24) is 30.2 Å². The van der Waals surface area contributed by atoms with E-state index in [-0.39, 0.29) is 61.4 Å². The number of aromatic nitrogens is 4. The van der Waals surface area contributed by atoms with Crippen LogP contribution in [0.4, 0.5) is 22.5 Å². The number of nitrogens with zero attached hydrogens (tertiary/aromatic N) is 7. The van der Waals surface area contributed by atoms with Crippen LogP contribution in [0.2, 0.25) is 0 Å². The highest BCUT2D eigenvalue weighted by Gasteiger charge is 2.53. The average Bonchev–Trinajstić information content (AvgIpc) is 1.00. The van der Waals surface area contributed by atoms with Crippen molar-refractivity contribution in [2.75, 3.05) is 69.6 Å². The highest BCUT2D eigenvalue weighted by Crippen LogP contribution is 2.38. The van der Waals surface area contributed by atoms with Gasteiger partial charge in [-0.1, -0.05) is 64.2 Å². The average molecular weight is 1270 g/mol. The number of cyclic esters (lactones) is 1. The van der Waals surface area contributed by atoms with Gasteiger partial charge in [-0.3, -0.25) is 19.2 Å². The number of piperidine rings is 1. The van der Waals surface area contributed by atoms with Crippen molar-refractivity contribution >= 4 is 53.0 Å². The van der Waals surface area contributed by atoms with Gasteiger partial charge in [-0.2, -0.15) is 4.98 Å². The van der Waals surface area contributed by atoms with E-state index in [9.17, 15) is 44.1 Å². The lowest BCUT2D eigenvalue weighted by Crippen LogP contribution is -2.61. The fraction of sp³-hybridized carbons (Fsp3) is 0.667. The number of nitrogens with two attached hydrogens (primary N) is 2. The predicted molar refractivity (Wildman–Crippen MR) is 339 cm³/mol. The third kappa shape index (κ3) is 18.8. The smallest absolute Gasteiger partial charge is 0.407 e. The molecule has 2 bridgehead atoms. The number of aliphatic hydroxyl groups excluding tert-OH is 2. The Bertz CT molecular complexity index is 2940. The van der Waals surface area contributed by atoms with Gasteiger partial charge in [-0.15, -0.1) is 0 Å². The van der Waals surface area contributed by atoms with E-state index in [0.717, 1.165) is 5.57 Å². The number of hydrogen-bond acceptors (Lipinski definition) is 23. The molecule has 5 aliphatic rings. The molecule has 7 rings (SSSR count). The van der Waals surface area contributed by atoms with E-state index < -0.39 is 114 Å². The summed E-state index contributed by atoms with van der Waals surface area (Å²) in [5, 5.41) is 37.6. The van der Waals surface area contributed by atoms with Crippen LogP contribution in [0.15, 0.2) is 66.2 Å². The summed E-state index contributed by atoms with van der Waals surface area (Å²) < 4.78 is 36.4. The van der Waals surface area contributed by atoms with Gasteiger partial charge in [-0.25, -0.2) is 24.5 Å². The Morgan fingerprint density at radius 3 is 2.12 bits per heavy atom. The van der Waals surface area contributed by atoms with Crippen LogP contribution in [0.5, 0.6) is 0 Å². The molecule has 8 N–H and O–H groups in total. The van der Waals surface area contributed by atoms with Gasteiger partial charge in [0.1, 0.15) is 36.3 Å². The van der Waals surface area contributed by atoms with Crippen LogP contribution in [0.3, 0.4) is 0 Å². The van der Waals surface area contributed by atoms with Crippen LogP contribution in [0.1, 0.15) is 141 Å². The summed E-state index contributed by atoms with van der Waals surface area (Å²) >= 11 is 0. The maximum absolute atomic E-state index is 14.8. The first-order valence-corrected chi connectivity index (χ1v) is 32.1. The number of methoxy groups -OCH3 is 3. The molecule has 0 spiro atoms. The number of aliphatic hydroxyl groups is 3. The lowest BCUT2D eigenvalue weighted by Gasteiger charge is -2.43. The number of amides is 2. The number of carbonyl (C=O) groups is 6. The van der Waals surface area contributed by atoms with E-state index in [1.165, 1.54) is 25.1 Å². The monoisotopic (exact) mass is 1270 g/mol. The molecule has 1 saturated carbocycles. The summed E-state index contributed by atoms with van der Waals surface area (Å²) in [5.41, 5.74) is 15.3. The standard InChI is InChI=1S/C66H98N10O15/c1-38-16-12-11-13-17-39(2)52(86-8)32-47-21-19-43(6)66(85,91-47)59(81)61(82)76-23-15-14-18-50(76)62(83)89-54(33-53(87-9)40(3)29-42(5)57(79)58(80)56(78)41(4)28-38)49(67)30-45-20-22-51(55(31-45)88-10)90-65(84)72-36-46-34-69-63(70-35-46)74-24-26-75(27-25-74)64-71-37-48(44(7)77)60(68)73-64/h11-13,16-17,29,34-35,37-38,40-41,43,45,47,49-55,57-58,79-80,85H,14-15,18-28,30-33,36,67H2,1-10H3,(H,72,84)(H2,68,71,73)/b13-11+,16-12+,39-17+,42-29+/t38-,40-,41-,43-,45+,47+,49-,50+,51-,52+,53-,54+,55-,57-,58+,66-/m1/s1. The molecule has 25 heteroatoms. The molecule has 25 nitrogen and oxygen atoms in total. The molecule has 2 amide bonds. The second-order valence-corrected chi connectivity index (χ2v) is 25.6. The molecule has 2 aromatic heterocycles. The number of hydrogen-bond donors (Lipinski definition) is 6. The molecule has 0 radical (unpaired) electrons. The molecule has 0 aromatic carbocycles. The number of nitrogen functional groups attached to an aromatic ring is 1. The van der Waals surface area contributed by atoms with Gasteiger partial charge in [0.05, 0.1) is 30.0 Å². The number of anilines is 3. The molecule has 0 unspecified atom stereocenters. The number of piperazine rings is 1. The number of rotatable bonds is 12. The van der Waals surface area contributed by atoms with Gasteiger partial charge >= 0.3 is 12.1 Å². The normalized spacial score (nSPS) is 33.9. The Morgan fingerprint density at radius 1 is 0.780 bits per heavy atom. The largest absolute Gasteiger partial charge is 0.459 e. The first-order valence-electron chi connectivity index (χ1n) is 32.1. The number of allylic oxidation sites excluding steroid dienone is 5. The quantitative estimate of drug-likeness (QED) is 0.0680. The first-order chi connectivity index (χ1) is 43.3. The topological polar surface area (TPSA) is 344 Å². The molecule has 502 valence electrons. The number of carbonyl (C=O) groups excluding carboxylic acids is 6. The maximum Gasteiger partial charge on any atom is 0.407 e. The molecule has 3 saturated heterocycles. The van der Waals surface area contributed by atoms with E-state index in [4.69, 9.17) is 39.9 Å². The predicted octanol–water partition coefficient (Wildman–Crippen LogP) is 5.29. The molecular weight excluding hydrogens is 1170 g/mol. The fourth-order valence-electron chi connectivity index (χ4n) is 13.1. The number of ketones is 3. The lowest BCUT2D eigenvalue weighted by atomic mass is 9.80. The lowest BCUT2D eigenvalue weighted by molar-refractivity contribution is -0.265. The van der Waals surface area contributed by atoms with Crippen LogP contribution >= 0.6 is 0 Å². The number of fused-ring (bicyclic) bond motifs is 3. The number of Topliss-reactive ketones (excluding diaryl/α,β-unsaturated/α-hetero) is 3. The summed E-state index contributed by atoms with van der Waals surface area (Å²) in [6, 6.07) is -2.03. The fourth-order valence-corrected chi connectivity index (χ4v) is 13.1. The summed E-state index contributed by atoms with van der Waals surface area (Å²) in [7, 11) is 4.60. The number of nitrogens with one attached hydrogen (secondary N) is 1. The Kier molecular flexibility index (Phi) is 26.3. The summed E-state index contributed by atoms with van der Waals surface area (Å²) in [6.07, 6.45) is 12.6. The van der Waals surface area contributed by atoms with Crippen molar-refractivity contribution in [1.29, 1.82) is 0 Å². The molecule has 4 fully saturated rings. The number of esters is 1. The van der Waals surface area contributed by atoms with Gasteiger partial charge in [0.15, 0.2) is 11.6 Å². The van der Waals surface area contributed by atoms with E-state index in [1.807, 2.05) is 61.0 Å². The Hall–Kier alpha value is -6.58. The van der Waals surface area contributed by atoms with Crippen molar-refractivity contribution < 1.29 is 72.5 Å². The molecule has 91 heavy (non-hydrogen) atoms. The summed E-state index contributed by atoms with van der Waals surface area (Å²) in [6.45, 7) is 14.6. The zero-order chi connectivity index (χ0) is 66.3. The minimum atomic E-state index is -2.48. The van der Waals surface area contributed by atoms with Gasteiger partial charge in [0.2, 0.25) is 17.7 Å². The molecule has 2 aromatic rings. The summed E-state index contributed by atoms with van der Waals surface area (Å²) in [4.78, 5) is 105. The minimum absolute atomic E-state index is 0.0378. The van der Waals surface area contributed by atoms with Crippen molar-refractivity contribution in [3.05, 3.63) is 77.3 Å². The van der Waals surface area contributed by atoms with Crippen LogP contribution in [0, 0.1) is 29.6 Å². The van der Waals surface area contributed by atoms with E-state index in [2.05, 4.69) is 25.3 Å². The SMILES string of the molecule is CO[C@H]1C[C@@H]2CC[C@@H](C)[C@@](O)(O2)C(=O)C(=O)N2CCCC[C@H]2C(=O)O[C@H]([C@H](N)C[C@@H]2CC[C@@H](OC(=O)NCc3cnc(N4CCN(c5ncc(C(C)=O)c(N)n5)CC4)nc3)[C@H](OC)C2)C[C@@H](OC)[C@H](C)/C=C(\C)[C@@H](O)[C@@H](O)C(=O)[C@H](C)C[C@H](C)/C=C/C=C/C=C/1C. The van der Waals surface area contributed by atoms with Crippen LogP contribution in [0.25, 0.3) is 0 Å². The van der Waals surface area contributed by atoms with Crippen molar-refractivity contribution in [2.24, 2.45) is 35.3 Å². The molecule has 4 aliphatic heterocycles. The molecule has 1 aliphatic carbocycles. The van der Waals surface area contributed by atoms with Crippen molar-refractivity contribution in [2.45, 2.75) is 199 Å². The van der Waals surface area contributed by atoms with Gasteiger partial charge < -0.3 is 75.2 Å². The van der Waals surface area contributed by atoms with E-state index in [0.29, 0.717) is 107 Å². The molecule has 6 heterocycles. The second-order valence-electron chi connectivity index (χ2n) is 25.6. The zero-order valence-corrected chi connectivity index (χ0v) is 54.6. The highest BCUT2D eigenvalue weighted by atomic mass is 16.6. The van der Waals surface area contributed by atoms with Crippen LogP contribution < -0.4 is 26.6 Å². The molecule has 16 atom stereocenters. The third-order valence-electron chi connectivity index (χ3n) is 18.8. The highest BCUT2D eigenvalue weighted by molar-refractivity contribution is 6.39. The Balaban J connectivity index is 1.03. The van der Waals surface area contributed by atoms with Crippen LogP contribution in [-0.4, -0.2) is 196 Å². The Labute approximate surface area is 534 Å². The third-order valence-corrected chi connectivity index (χ3v) is 18.8. The zero-order valence-electron chi connectivity index (χ0n) is 54.6. The van der Waals surface area contributed by atoms with E-state index >= 15 is 0 Å². The second kappa shape index (κ2) is 33.3. The Morgan fingerprint density at radius 2 is 1.46 bits per heavy atom. The minimum Gasteiger partial charge on any atom is -0.459 e. The number of alkyl carbamates (subject to hydrolysis) is 1. The number of ether oxygens (including phenoxy) is 6. The van der Waals surface area contributed by atoms with Crippen LogP contribution in [-0.2, 0) is 54.1 Å². The van der Waals surface area contributed by atoms with Gasteiger partial charge in [0.25, 0.3) is 11.7 Å². The van der Waals surface area contributed by atoms with Crippen molar-refractivity contribution in [3.63, 3.8) is 0 Å². The molecular formula is C66H98N10O15. The van der Waals surface area contributed by atoms with Gasteiger partial charge in [0, 0.05) is 121 Å². The van der Waals surface area contributed by atoms with E-state index in [1.54, 1.807) is 53.5 Å². The summed E-state index contributed by atoms with van der Waals surface area (Å²) in [5.74, 6) is -7.06. The first kappa shape index (κ1) is 71.9.